The smallest absolute Gasteiger partial charge is 0.338 e. The second kappa shape index (κ2) is 11.3. The number of benzene rings is 3. The lowest BCUT2D eigenvalue weighted by atomic mass is 9.78. The Kier molecular flexibility index (Phi) is 7.86. The summed E-state index contributed by atoms with van der Waals surface area (Å²) in [6.07, 6.45) is 7.64. The van der Waals surface area contributed by atoms with Crippen LogP contribution in [0.1, 0.15) is 86.8 Å². The molecular formula is C31H30N2O5. The van der Waals surface area contributed by atoms with Gasteiger partial charge in [0.1, 0.15) is 0 Å². The van der Waals surface area contributed by atoms with Crippen LogP contribution in [-0.4, -0.2) is 28.5 Å². The van der Waals surface area contributed by atoms with Gasteiger partial charge >= 0.3 is 5.97 Å². The Morgan fingerprint density at radius 1 is 0.895 bits per heavy atom. The van der Waals surface area contributed by atoms with Crippen LogP contribution < -0.4 is 11.1 Å². The molecule has 0 fully saturated rings. The number of unbranched alkanes of at least 4 members (excludes halogenated alkanes) is 4. The third-order valence-electron chi connectivity index (χ3n) is 6.87. The van der Waals surface area contributed by atoms with Crippen molar-refractivity contribution in [2.75, 3.05) is 11.1 Å². The monoisotopic (exact) mass is 510 g/mol. The van der Waals surface area contributed by atoms with Gasteiger partial charge in [-0.25, -0.2) is 4.79 Å². The molecule has 0 radical (unpaired) electrons. The zero-order valence-electron chi connectivity index (χ0n) is 21.3. The van der Waals surface area contributed by atoms with E-state index >= 15 is 0 Å². The third kappa shape index (κ3) is 4.87. The van der Waals surface area contributed by atoms with Gasteiger partial charge < -0.3 is 16.2 Å². The summed E-state index contributed by atoms with van der Waals surface area (Å²) in [6.45, 7) is 5.64. The number of amides is 1. The van der Waals surface area contributed by atoms with Crippen molar-refractivity contribution in [3.05, 3.63) is 94.6 Å². The number of aryl methyl sites for hydroxylation is 1. The fourth-order valence-electron chi connectivity index (χ4n) is 4.96. The van der Waals surface area contributed by atoms with E-state index in [2.05, 4.69) is 18.8 Å². The van der Waals surface area contributed by atoms with Crippen molar-refractivity contribution in [1.29, 1.82) is 0 Å². The molecule has 1 amide bonds. The number of hydrogen-bond donors (Lipinski definition) is 3. The number of aromatic carboxylic acids is 1. The quantitative estimate of drug-likeness (QED) is 0.135. The Labute approximate surface area is 221 Å². The molecule has 0 spiro atoms. The van der Waals surface area contributed by atoms with Gasteiger partial charge in [0, 0.05) is 16.7 Å². The first-order valence-corrected chi connectivity index (χ1v) is 12.7. The lowest BCUT2D eigenvalue weighted by Gasteiger charge is -2.26. The Bertz CT molecular complexity index is 1450. The highest BCUT2D eigenvalue weighted by molar-refractivity contribution is 6.34. The first kappa shape index (κ1) is 26.5. The van der Waals surface area contributed by atoms with Crippen molar-refractivity contribution in [3.63, 3.8) is 0 Å². The van der Waals surface area contributed by atoms with Gasteiger partial charge in [-0.3, -0.25) is 14.4 Å². The third-order valence-corrected chi connectivity index (χ3v) is 6.87. The summed E-state index contributed by atoms with van der Waals surface area (Å²) < 4.78 is 0. The lowest BCUT2D eigenvalue weighted by Crippen LogP contribution is -2.27. The van der Waals surface area contributed by atoms with Gasteiger partial charge in [0.2, 0.25) is 5.91 Å². The van der Waals surface area contributed by atoms with Gasteiger partial charge in [0.15, 0.2) is 11.6 Å². The van der Waals surface area contributed by atoms with E-state index in [-0.39, 0.29) is 44.8 Å². The van der Waals surface area contributed by atoms with Crippen molar-refractivity contribution in [3.8, 4) is 11.1 Å². The molecular weight excluding hydrogens is 480 g/mol. The number of rotatable bonds is 10. The molecule has 3 aromatic carbocycles. The van der Waals surface area contributed by atoms with Crippen LogP contribution in [0, 0.1) is 0 Å². The number of fused-ring (bicyclic) bond motifs is 2. The predicted molar refractivity (Wildman–Crippen MR) is 148 cm³/mol. The van der Waals surface area contributed by atoms with Crippen LogP contribution in [-0.2, 0) is 11.2 Å². The van der Waals surface area contributed by atoms with Crippen LogP contribution >= 0.6 is 0 Å². The van der Waals surface area contributed by atoms with Crippen LogP contribution in [0.3, 0.4) is 0 Å². The highest BCUT2D eigenvalue weighted by Crippen LogP contribution is 2.45. The Morgan fingerprint density at radius 2 is 1.50 bits per heavy atom. The molecule has 0 aliphatic heterocycles. The molecule has 7 heteroatoms. The maximum atomic E-state index is 13.7. The molecule has 1 aliphatic rings. The normalized spacial score (nSPS) is 12.0. The molecule has 4 rings (SSSR count). The second-order valence-electron chi connectivity index (χ2n) is 9.35. The largest absolute Gasteiger partial charge is 0.478 e. The summed E-state index contributed by atoms with van der Waals surface area (Å²) in [4.78, 5) is 52.2. The van der Waals surface area contributed by atoms with Gasteiger partial charge in [-0.15, -0.1) is 0 Å². The number of hydrogen-bond acceptors (Lipinski definition) is 5. The molecule has 0 saturated heterocycles. The van der Waals surface area contributed by atoms with E-state index in [9.17, 15) is 24.3 Å². The molecule has 0 atom stereocenters. The van der Waals surface area contributed by atoms with Gasteiger partial charge in [0.25, 0.3) is 0 Å². The number of carboxylic acids is 1. The highest BCUT2D eigenvalue weighted by Gasteiger charge is 2.38. The number of nitrogen functional groups attached to an aromatic ring is 1. The van der Waals surface area contributed by atoms with Gasteiger partial charge in [-0.1, -0.05) is 87.7 Å². The zero-order valence-corrected chi connectivity index (χ0v) is 21.3. The molecule has 194 valence electrons. The number of carboxylic acid groups (broad SMARTS) is 1. The zero-order chi connectivity index (χ0) is 27.4. The Balaban J connectivity index is 1.90. The summed E-state index contributed by atoms with van der Waals surface area (Å²) in [5, 5.41) is 12.8. The van der Waals surface area contributed by atoms with Crippen molar-refractivity contribution < 1.29 is 24.3 Å². The minimum Gasteiger partial charge on any atom is -0.478 e. The van der Waals surface area contributed by atoms with Crippen LogP contribution in [0.2, 0.25) is 0 Å². The summed E-state index contributed by atoms with van der Waals surface area (Å²) >= 11 is 0. The number of ketones is 2. The molecule has 7 nitrogen and oxygen atoms in total. The maximum Gasteiger partial charge on any atom is 0.338 e. The van der Waals surface area contributed by atoms with Crippen LogP contribution in [0.15, 0.2) is 61.2 Å². The first-order chi connectivity index (χ1) is 18.3. The second-order valence-corrected chi connectivity index (χ2v) is 9.35. The molecule has 1 aliphatic carbocycles. The average Bonchev–Trinajstić information content (AvgIpc) is 2.92. The molecule has 38 heavy (non-hydrogen) atoms. The predicted octanol–water partition coefficient (Wildman–Crippen LogP) is 6.05. The SMILES string of the molecule is C=CC(=O)Nc1c2c(c(N)c(C(=O)O)c1-c1ccc(CCCCCCC)cc1)C(=O)c1ccccc1C2=O. The number of carbonyl (C=O) groups is 4. The number of carbonyl (C=O) groups excluding carboxylic acids is 3. The topological polar surface area (TPSA) is 127 Å². The molecule has 0 heterocycles. The standard InChI is InChI=1S/C31H30N2O5/c1-3-5-6-7-8-11-18-14-16-19(17-15-18)23-25(31(37)38)27(32)24-26(28(23)33-22(34)4-2)30(36)21-13-10-9-12-20(21)29(24)35/h4,9-10,12-17H,2-3,5-8,11,32H2,1H3,(H,33,34)(H,37,38). The van der Waals surface area contributed by atoms with Crippen LogP contribution in [0.25, 0.3) is 11.1 Å². The minimum atomic E-state index is -1.38. The Morgan fingerprint density at radius 3 is 2.08 bits per heavy atom. The fourth-order valence-corrected chi connectivity index (χ4v) is 4.96. The Hall–Kier alpha value is -4.52. The van der Waals surface area contributed by atoms with Crippen molar-refractivity contribution >= 4 is 34.8 Å². The highest BCUT2D eigenvalue weighted by atomic mass is 16.4. The number of anilines is 2. The van der Waals surface area contributed by atoms with Gasteiger partial charge in [0.05, 0.1) is 28.1 Å². The van der Waals surface area contributed by atoms with E-state index in [1.54, 1.807) is 24.3 Å². The van der Waals surface area contributed by atoms with Crippen LogP contribution in [0.5, 0.6) is 0 Å². The molecule has 0 aromatic heterocycles. The van der Waals surface area contributed by atoms with Crippen molar-refractivity contribution in [1.82, 2.24) is 0 Å². The minimum absolute atomic E-state index is 0.0685. The van der Waals surface area contributed by atoms with Crippen LogP contribution in [0.4, 0.5) is 11.4 Å². The van der Waals surface area contributed by atoms with Crippen molar-refractivity contribution in [2.24, 2.45) is 0 Å². The average molecular weight is 511 g/mol. The molecule has 0 unspecified atom stereocenters. The summed E-state index contributed by atoms with van der Waals surface area (Å²) in [7, 11) is 0. The fraction of sp³-hybridized carbons (Fsp3) is 0.226. The van der Waals surface area contributed by atoms with E-state index in [0.717, 1.165) is 30.9 Å². The van der Waals surface area contributed by atoms with E-state index in [0.29, 0.717) is 5.56 Å². The van der Waals surface area contributed by atoms with E-state index in [1.165, 1.54) is 31.4 Å². The lowest BCUT2D eigenvalue weighted by molar-refractivity contribution is -0.111. The first-order valence-electron chi connectivity index (χ1n) is 12.7. The van der Waals surface area contributed by atoms with E-state index in [1.807, 2.05) is 12.1 Å². The van der Waals surface area contributed by atoms with E-state index in [4.69, 9.17) is 5.73 Å². The molecule has 4 N–H and O–H groups in total. The van der Waals surface area contributed by atoms with E-state index < -0.39 is 23.4 Å². The molecule has 3 aromatic rings. The van der Waals surface area contributed by atoms with Crippen molar-refractivity contribution in [2.45, 2.75) is 45.4 Å². The van der Waals surface area contributed by atoms with Gasteiger partial charge in [-0.05, 0) is 30.0 Å². The summed E-state index contributed by atoms with van der Waals surface area (Å²) in [5.74, 6) is -3.14. The summed E-state index contributed by atoms with van der Waals surface area (Å²) in [5.41, 5.74) is 7.14. The summed E-state index contributed by atoms with van der Waals surface area (Å²) in [6, 6.07) is 13.6. The molecule has 0 saturated carbocycles. The number of nitrogens with two attached hydrogens (primary N) is 1. The molecule has 0 bridgehead atoms. The maximum absolute atomic E-state index is 13.7. The number of nitrogens with one attached hydrogen (secondary N) is 1. The van der Waals surface area contributed by atoms with Gasteiger partial charge in [-0.2, -0.15) is 0 Å².